The predicted octanol–water partition coefficient (Wildman–Crippen LogP) is 0.957. The van der Waals surface area contributed by atoms with Gasteiger partial charge in [0.2, 0.25) is 0 Å². The van der Waals surface area contributed by atoms with E-state index in [9.17, 15) is 4.79 Å². The van der Waals surface area contributed by atoms with Gasteiger partial charge in [0.15, 0.2) is 5.78 Å². The maximum Gasteiger partial charge on any atom is 0.171 e. The van der Waals surface area contributed by atoms with E-state index in [4.69, 9.17) is 5.11 Å². The van der Waals surface area contributed by atoms with Crippen molar-refractivity contribution in [2.45, 2.75) is 19.4 Å². The molecule has 0 aromatic rings. The van der Waals surface area contributed by atoms with Gasteiger partial charge < -0.3 is 5.11 Å². The molecular weight excluding hydrogens is 148 g/mol. The highest BCUT2D eigenvalue weighted by Gasteiger charge is 2.21. The lowest BCUT2D eigenvalue weighted by atomic mass is 10.3. The SMILES string of the molecule is CCSC1=CC(O)CC1=O. The molecule has 0 heterocycles. The standard InChI is InChI=1S/C7H10O2S/c1-2-10-7-4-5(8)3-6(7)9/h4-5,8H,2-3H2,1H3. The minimum Gasteiger partial charge on any atom is -0.389 e. The highest BCUT2D eigenvalue weighted by atomic mass is 32.2. The predicted molar refractivity (Wildman–Crippen MR) is 41.8 cm³/mol. The monoisotopic (exact) mass is 158 g/mol. The molecule has 10 heavy (non-hydrogen) atoms. The summed E-state index contributed by atoms with van der Waals surface area (Å²) in [7, 11) is 0. The number of thioether (sulfide) groups is 1. The number of hydrogen-bond donors (Lipinski definition) is 1. The highest BCUT2D eigenvalue weighted by molar-refractivity contribution is 8.04. The topological polar surface area (TPSA) is 37.3 Å². The van der Waals surface area contributed by atoms with E-state index < -0.39 is 6.10 Å². The first-order valence-corrected chi connectivity index (χ1v) is 4.28. The molecular formula is C7H10O2S. The van der Waals surface area contributed by atoms with Gasteiger partial charge in [-0.15, -0.1) is 11.8 Å². The van der Waals surface area contributed by atoms with Crippen molar-refractivity contribution in [1.29, 1.82) is 0 Å². The Hall–Kier alpha value is -0.280. The van der Waals surface area contributed by atoms with Crippen LogP contribution in [0.3, 0.4) is 0 Å². The zero-order chi connectivity index (χ0) is 7.56. The molecule has 0 saturated carbocycles. The van der Waals surface area contributed by atoms with Crippen molar-refractivity contribution in [3.63, 3.8) is 0 Å². The fourth-order valence-corrected chi connectivity index (χ4v) is 1.71. The quantitative estimate of drug-likeness (QED) is 0.650. The third-order valence-corrected chi connectivity index (χ3v) is 2.28. The van der Waals surface area contributed by atoms with Gasteiger partial charge in [-0.3, -0.25) is 4.79 Å². The van der Waals surface area contributed by atoms with Gasteiger partial charge in [0.05, 0.1) is 6.10 Å². The van der Waals surface area contributed by atoms with Crippen LogP contribution in [0.2, 0.25) is 0 Å². The van der Waals surface area contributed by atoms with E-state index in [2.05, 4.69) is 0 Å². The Morgan fingerprint density at radius 2 is 2.60 bits per heavy atom. The molecule has 1 aliphatic carbocycles. The fourth-order valence-electron chi connectivity index (χ4n) is 0.901. The number of allylic oxidation sites excluding steroid dienone is 1. The Morgan fingerprint density at radius 1 is 1.90 bits per heavy atom. The second kappa shape index (κ2) is 3.21. The summed E-state index contributed by atoms with van der Waals surface area (Å²) in [6.07, 6.45) is 1.39. The number of rotatable bonds is 2. The van der Waals surface area contributed by atoms with Crippen molar-refractivity contribution >= 4 is 17.5 Å². The molecule has 1 rings (SSSR count). The van der Waals surface area contributed by atoms with Crippen molar-refractivity contribution < 1.29 is 9.90 Å². The molecule has 0 saturated heterocycles. The molecule has 0 aliphatic heterocycles. The molecule has 0 aromatic carbocycles. The second-order valence-electron chi connectivity index (χ2n) is 2.16. The molecule has 1 atom stereocenters. The van der Waals surface area contributed by atoms with Crippen molar-refractivity contribution in [2.24, 2.45) is 0 Å². The molecule has 0 aromatic heterocycles. The summed E-state index contributed by atoms with van der Waals surface area (Å²) in [5, 5.41) is 8.99. The van der Waals surface area contributed by atoms with Crippen LogP contribution in [0.15, 0.2) is 11.0 Å². The highest BCUT2D eigenvalue weighted by Crippen LogP contribution is 2.24. The zero-order valence-electron chi connectivity index (χ0n) is 5.83. The summed E-state index contributed by atoms with van der Waals surface area (Å²) in [5.41, 5.74) is 0. The van der Waals surface area contributed by atoms with Crippen LogP contribution in [-0.4, -0.2) is 22.7 Å². The molecule has 3 heteroatoms. The number of aliphatic hydroxyl groups is 1. The number of Topliss-reactive ketones (excluding diaryl/α,β-unsaturated/α-hetero) is 1. The van der Waals surface area contributed by atoms with Gasteiger partial charge >= 0.3 is 0 Å². The van der Waals surface area contributed by atoms with E-state index in [1.165, 1.54) is 11.8 Å². The lowest BCUT2D eigenvalue weighted by Gasteiger charge is -1.92. The second-order valence-corrected chi connectivity index (χ2v) is 3.46. The largest absolute Gasteiger partial charge is 0.389 e. The van der Waals surface area contributed by atoms with Crippen LogP contribution in [0.4, 0.5) is 0 Å². The van der Waals surface area contributed by atoms with Crippen LogP contribution in [0.5, 0.6) is 0 Å². The molecule has 1 unspecified atom stereocenters. The molecule has 0 bridgehead atoms. The van der Waals surface area contributed by atoms with Gasteiger partial charge in [-0.1, -0.05) is 6.92 Å². The lowest BCUT2D eigenvalue weighted by molar-refractivity contribution is -0.115. The maximum absolute atomic E-state index is 10.9. The number of carbonyl (C=O) groups is 1. The smallest absolute Gasteiger partial charge is 0.171 e. The Morgan fingerprint density at radius 3 is 3.00 bits per heavy atom. The molecule has 1 N–H and O–H groups in total. The zero-order valence-corrected chi connectivity index (χ0v) is 6.65. The van der Waals surface area contributed by atoms with Crippen LogP contribution in [-0.2, 0) is 4.79 Å². The maximum atomic E-state index is 10.9. The van der Waals surface area contributed by atoms with Gasteiger partial charge in [0.25, 0.3) is 0 Å². The van der Waals surface area contributed by atoms with Crippen LogP contribution in [0.25, 0.3) is 0 Å². The molecule has 56 valence electrons. The normalized spacial score (nSPS) is 25.2. The van der Waals surface area contributed by atoms with Crippen LogP contribution >= 0.6 is 11.8 Å². The molecule has 0 spiro atoms. The number of carbonyl (C=O) groups excluding carboxylic acids is 1. The first-order valence-electron chi connectivity index (χ1n) is 3.30. The van der Waals surface area contributed by atoms with Crippen molar-refractivity contribution in [3.8, 4) is 0 Å². The van der Waals surface area contributed by atoms with Crippen LogP contribution < -0.4 is 0 Å². The van der Waals surface area contributed by atoms with Gasteiger partial charge in [-0.25, -0.2) is 0 Å². The molecule has 1 aliphatic rings. The lowest BCUT2D eigenvalue weighted by Crippen LogP contribution is -2.00. The third kappa shape index (κ3) is 1.61. The number of hydrogen-bond acceptors (Lipinski definition) is 3. The van der Waals surface area contributed by atoms with Crippen molar-refractivity contribution in [3.05, 3.63) is 11.0 Å². The van der Waals surface area contributed by atoms with Crippen molar-refractivity contribution in [2.75, 3.05) is 5.75 Å². The van der Waals surface area contributed by atoms with Crippen molar-refractivity contribution in [1.82, 2.24) is 0 Å². The first kappa shape index (κ1) is 7.82. The minimum atomic E-state index is -0.526. The van der Waals surface area contributed by atoms with Crippen LogP contribution in [0, 0.1) is 0 Å². The average Bonchev–Trinajstić information content (AvgIpc) is 2.13. The molecule has 0 amide bonds. The van der Waals surface area contributed by atoms with Gasteiger partial charge in [-0.05, 0) is 11.8 Å². The van der Waals surface area contributed by atoms with Gasteiger partial charge in [0, 0.05) is 11.3 Å². The fraction of sp³-hybridized carbons (Fsp3) is 0.571. The molecule has 2 nitrogen and oxygen atoms in total. The summed E-state index contributed by atoms with van der Waals surface area (Å²) in [4.78, 5) is 11.7. The van der Waals surface area contributed by atoms with E-state index in [1.807, 2.05) is 6.92 Å². The Bertz CT molecular complexity index is 174. The first-order chi connectivity index (χ1) is 4.74. The summed E-state index contributed by atoms with van der Waals surface area (Å²) in [6.45, 7) is 1.99. The summed E-state index contributed by atoms with van der Waals surface area (Å²) in [6, 6.07) is 0. The van der Waals surface area contributed by atoms with Gasteiger partial charge in [-0.2, -0.15) is 0 Å². The van der Waals surface area contributed by atoms with E-state index >= 15 is 0 Å². The molecule has 0 radical (unpaired) electrons. The molecule has 0 fully saturated rings. The van der Waals surface area contributed by atoms with E-state index in [-0.39, 0.29) is 12.2 Å². The number of ketones is 1. The Labute approximate surface area is 64.3 Å². The van der Waals surface area contributed by atoms with E-state index in [0.29, 0.717) is 0 Å². The van der Waals surface area contributed by atoms with Crippen LogP contribution in [0.1, 0.15) is 13.3 Å². The minimum absolute atomic E-state index is 0.0827. The summed E-state index contributed by atoms with van der Waals surface area (Å²) in [5.74, 6) is 0.976. The number of aliphatic hydroxyl groups excluding tert-OH is 1. The Kier molecular flexibility index (Phi) is 2.51. The average molecular weight is 158 g/mol. The summed E-state index contributed by atoms with van der Waals surface area (Å²) < 4.78 is 0. The van der Waals surface area contributed by atoms with E-state index in [1.54, 1.807) is 6.08 Å². The third-order valence-electron chi connectivity index (χ3n) is 1.31. The Balaban J connectivity index is 2.57. The summed E-state index contributed by atoms with van der Waals surface area (Å²) >= 11 is 1.50. The van der Waals surface area contributed by atoms with E-state index in [0.717, 1.165) is 10.7 Å². The van der Waals surface area contributed by atoms with Gasteiger partial charge in [0.1, 0.15) is 0 Å².